The quantitative estimate of drug-likeness (QED) is 0.754. The van der Waals surface area contributed by atoms with E-state index in [1.807, 2.05) is 30.0 Å². The van der Waals surface area contributed by atoms with E-state index in [4.69, 9.17) is 4.74 Å². The smallest absolute Gasteiger partial charge is 0.254 e. The van der Waals surface area contributed by atoms with E-state index < -0.39 is 0 Å². The zero-order valence-corrected chi connectivity index (χ0v) is 10.2. The van der Waals surface area contributed by atoms with Crippen molar-refractivity contribution in [3.63, 3.8) is 0 Å². The minimum Gasteiger partial charge on any atom is -0.378 e. The molecule has 1 aliphatic rings. The van der Waals surface area contributed by atoms with Crippen molar-refractivity contribution in [1.82, 2.24) is 4.90 Å². The summed E-state index contributed by atoms with van der Waals surface area (Å²) in [5, 5.41) is 0. The summed E-state index contributed by atoms with van der Waals surface area (Å²) < 4.78 is 5.23. The second-order valence-electron chi connectivity index (χ2n) is 3.90. The largest absolute Gasteiger partial charge is 0.378 e. The number of benzene rings is 1. The Morgan fingerprint density at radius 1 is 1.38 bits per heavy atom. The number of hydrogen-bond donors (Lipinski definition) is 1. The summed E-state index contributed by atoms with van der Waals surface area (Å²) in [6, 6.07) is 5.65. The van der Waals surface area contributed by atoms with Crippen LogP contribution in [0.15, 0.2) is 23.1 Å². The molecule has 16 heavy (non-hydrogen) atoms. The third-order valence-corrected chi connectivity index (χ3v) is 3.03. The maximum absolute atomic E-state index is 12.2. The molecule has 0 radical (unpaired) electrons. The highest BCUT2D eigenvalue weighted by molar-refractivity contribution is 7.80. The van der Waals surface area contributed by atoms with Gasteiger partial charge >= 0.3 is 0 Å². The van der Waals surface area contributed by atoms with Crippen LogP contribution in [0.1, 0.15) is 15.9 Å². The molecule has 1 aliphatic heterocycles. The Labute approximate surface area is 101 Å². The molecule has 0 aliphatic carbocycles. The molecule has 0 N–H and O–H groups in total. The molecule has 1 heterocycles. The van der Waals surface area contributed by atoms with E-state index in [0.717, 1.165) is 16.0 Å². The summed E-state index contributed by atoms with van der Waals surface area (Å²) in [6.07, 6.45) is 0. The summed E-state index contributed by atoms with van der Waals surface area (Å²) >= 11 is 4.26. The molecule has 1 aromatic rings. The number of nitrogens with zero attached hydrogens (tertiary/aromatic N) is 1. The molecule has 0 aromatic heterocycles. The molecule has 0 bridgehead atoms. The molecule has 0 atom stereocenters. The van der Waals surface area contributed by atoms with Gasteiger partial charge in [-0.05, 0) is 24.6 Å². The summed E-state index contributed by atoms with van der Waals surface area (Å²) in [6.45, 7) is 4.56. The van der Waals surface area contributed by atoms with Crippen LogP contribution < -0.4 is 0 Å². The van der Waals surface area contributed by atoms with E-state index in [2.05, 4.69) is 12.6 Å². The van der Waals surface area contributed by atoms with Gasteiger partial charge in [-0.1, -0.05) is 6.07 Å². The number of carbonyl (C=O) groups is 1. The second kappa shape index (κ2) is 4.89. The number of hydrogen-bond acceptors (Lipinski definition) is 3. The molecule has 4 heteroatoms. The van der Waals surface area contributed by atoms with Crippen LogP contribution in [0, 0.1) is 6.92 Å². The average molecular weight is 237 g/mol. The zero-order valence-electron chi connectivity index (χ0n) is 9.27. The van der Waals surface area contributed by atoms with Crippen molar-refractivity contribution in [2.24, 2.45) is 0 Å². The third-order valence-electron chi connectivity index (χ3n) is 2.75. The van der Waals surface area contributed by atoms with Crippen molar-refractivity contribution in [1.29, 1.82) is 0 Å². The van der Waals surface area contributed by atoms with Crippen LogP contribution in [0.5, 0.6) is 0 Å². The van der Waals surface area contributed by atoms with Crippen LogP contribution in [-0.2, 0) is 4.74 Å². The first kappa shape index (κ1) is 11.5. The maximum atomic E-state index is 12.2. The van der Waals surface area contributed by atoms with Crippen molar-refractivity contribution in [3.8, 4) is 0 Å². The molecule has 1 fully saturated rings. The van der Waals surface area contributed by atoms with Crippen molar-refractivity contribution in [2.45, 2.75) is 11.8 Å². The number of rotatable bonds is 1. The number of amides is 1. The molecule has 1 amide bonds. The molecular formula is C12H15NO2S. The normalized spacial score (nSPS) is 16.2. The Bertz CT molecular complexity index is 400. The molecule has 86 valence electrons. The first-order valence-corrected chi connectivity index (χ1v) is 5.80. The number of carbonyl (C=O) groups excluding carboxylic acids is 1. The van der Waals surface area contributed by atoms with Crippen LogP contribution in [0.3, 0.4) is 0 Å². The minimum atomic E-state index is 0.0803. The molecule has 0 saturated carbocycles. The van der Waals surface area contributed by atoms with Crippen LogP contribution in [0.25, 0.3) is 0 Å². The van der Waals surface area contributed by atoms with Crippen LogP contribution >= 0.6 is 12.6 Å². The van der Waals surface area contributed by atoms with Crippen molar-refractivity contribution in [2.75, 3.05) is 26.3 Å². The van der Waals surface area contributed by atoms with E-state index in [1.54, 1.807) is 0 Å². The van der Waals surface area contributed by atoms with E-state index in [0.29, 0.717) is 26.3 Å². The van der Waals surface area contributed by atoms with Gasteiger partial charge in [0, 0.05) is 23.5 Å². The lowest BCUT2D eigenvalue weighted by Crippen LogP contribution is -2.40. The zero-order chi connectivity index (χ0) is 11.5. The Morgan fingerprint density at radius 2 is 2.06 bits per heavy atom. The molecule has 1 saturated heterocycles. The van der Waals surface area contributed by atoms with E-state index >= 15 is 0 Å². The highest BCUT2D eigenvalue weighted by Crippen LogP contribution is 2.16. The van der Waals surface area contributed by atoms with Gasteiger partial charge < -0.3 is 9.64 Å². The highest BCUT2D eigenvalue weighted by Gasteiger charge is 2.19. The second-order valence-corrected chi connectivity index (χ2v) is 4.42. The van der Waals surface area contributed by atoms with Gasteiger partial charge in [0.1, 0.15) is 0 Å². The molecule has 1 aromatic carbocycles. The Morgan fingerprint density at radius 3 is 2.75 bits per heavy atom. The molecule has 0 spiro atoms. The predicted molar refractivity (Wildman–Crippen MR) is 65.2 cm³/mol. The van der Waals surface area contributed by atoms with Gasteiger partial charge in [-0.3, -0.25) is 4.79 Å². The Kier molecular flexibility index (Phi) is 3.51. The SMILES string of the molecule is Cc1ccc(S)cc1C(=O)N1CCOCC1. The maximum Gasteiger partial charge on any atom is 0.254 e. The van der Waals surface area contributed by atoms with E-state index in [9.17, 15) is 4.79 Å². The fourth-order valence-corrected chi connectivity index (χ4v) is 1.98. The lowest BCUT2D eigenvalue weighted by molar-refractivity contribution is 0.0302. The van der Waals surface area contributed by atoms with Gasteiger partial charge in [-0.2, -0.15) is 0 Å². The summed E-state index contributed by atoms with van der Waals surface area (Å²) in [5.41, 5.74) is 1.74. The summed E-state index contributed by atoms with van der Waals surface area (Å²) in [7, 11) is 0. The Balaban J connectivity index is 2.22. The van der Waals surface area contributed by atoms with Crippen LogP contribution in [0.4, 0.5) is 0 Å². The van der Waals surface area contributed by atoms with E-state index in [-0.39, 0.29) is 5.91 Å². The number of thiol groups is 1. The van der Waals surface area contributed by atoms with Gasteiger partial charge in [-0.25, -0.2) is 0 Å². The fraction of sp³-hybridized carbons (Fsp3) is 0.417. The monoisotopic (exact) mass is 237 g/mol. The molecular weight excluding hydrogens is 222 g/mol. The predicted octanol–water partition coefficient (Wildman–Crippen LogP) is 1.76. The van der Waals surface area contributed by atoms with Crippen molar-refractivity contribution in [3.05, 3.63) is 29.3 Å². The van der Waals surface area contributed by atoms with Crippen molar-refractivity contribution >= 4 is 18.5 Å². The standard InChI is InChI=1S/C12H15NO2S/c1-9-2-3-10(16)8-11(9)12(14)13-4-6-15-7-5-13/h2-3,8,16H,4-7H2,1H3. The number of ether oxygens (including phenoxy) is 1. The number of aryl methyl sites for hydroxylation is 1. The van der Waals surface area contributed by atoms with Crippen molar-refractivity contribution < 1.29 is 9.53 Å². The molecule has 2 rings (SSSR count). The number of morpholine rings is 1. The topological polar surface area (TPSA) is 29.5 Å². The fourth-order valence-electron chi connectivity index (χ4n) is 1.78. The lowest BCUT2D eigenvalue weighted by Gasteiger charge is -2.27. The van der Waals surface area contributed by atoms with Crippen LogP contribution in [0.2, 0.25) is 0 Å². The Hall–Kier alpha value is -1.00. The molecule has 3 nitrogen and oxygen atoms in total. The first-order chi connectivity index (χ1) is 7.68. The average Bonchev–Trinajstić information content (AvgIpc) is 2.32. The minimum absolute atomic E-state index is 0.0803. The van der Waals surface area contributed by atoms with Crippen LogP contribution in [-0.4, -0.2) is 37.1 Å². The van der Waals surface area contributed by atoms with Gasteiger partial charge in [0.05, 0.1) is 13.2 Å². The lowest BCUT2D eigenvalue weighted by atomic mass is 10.1. The van der Waals surface area contributed by atoms with Gasteiger partial charge in [0.2, 0.25) is 0 Å². The van der Waals surface area contributed by atoms with Gasteiger partial charge in [0.25, 0.3) is 5.91 Å². The summed E-state index contributed by atoms with van der Waals surface area (Å²) in [4.78, 5) is 14.9. The van der Waals surface area contributed by atoms with E-state index in [1.165, 1.54) is 0 Å². The molecule has 0 unspecified atom stereocenters. The highest BCUT2D eigenvalue weighted by atomic mass is 32.1. The summed E-state index contributed by atoms with van der Waals surface area (Å²) in [5.74, 6) is 0.0803. The van der Waals surface area contributed by atoms with Gasteiger partial charge in [-0.15, -0.1) is 12.6 Å². The third kappa shape index (κ3) is 2.39. The van der Waals surface area contributed by atoms with Gasteiger partial charge in [0.15, 0.2) is 0 Å². The first-order valence-electron chi connectivity index (χ1n) is 5.35.